The molecule has 0 aliphatic carbocycles. The van der Waals surface area contributed by atoms with Gasteiger partial charge in [0.25, 0.3) is 0 Å². The minimum absolute atomic E-state index is 0.324. The van der Waals surface area contributed by atoms with E-state index in [9.17, 15) is 9.59 Å². The van der Waals surface area contributed by atoms with Crippen LogP contribution in [0.25, 0.3) is 0 Å². The first-order valence-electron chi connectivity index (χ1n) is 5.62. The fourth-order valence-electron chi connectivity index (χ4n) is 1.13. The van der Waals surface area contributed by atoms with E-state index in [0.717, 1.165) is 5.75 Å². The van der Waals surface area contributed by atoms with Crippen molar-refractivity contribution in [2.75, 3.05) is 25.7 Å². The summed E-state index contributed by atoms with van der Waals surface area (Å²) in [4.78, 5) is 22.9. The molecule has 2 N–H and O–H groups in total. The molecule has 0 aromatic carbocycles. The van der Waals surface area contributed by atoms with E-state index in [1.807, 2.05) is 20.1 Å². The van der Waals surface area contributed by atoms with E-state index in [1.165, 1.54) is 7.11 Å². The van der Waals surface area contributed by atoms with Gasteiger partial charge in [-0.2, -0.15) is 11.8 Å². The molecular weight excluding hydrogens is 240 g/mol. The van der Waals surface area contributed by atoms with Gasteiger partial charge in [-0.1, -0.05) is 13.8 Å². The molecule has 0 aliphatic rings. The second-order valence-corrected chi connectivity index (χ2v) is 5.09. The SMILES string of the molecule is COC(=O)[C@H](CCSC)NC(=O)NCC(C)C. The molecular formula is C11H22N2O3S. The van der Waals surface area contributed by atoms with Crippen LogP contribution >= 0.6 is 11.8 Å². The molecule has 0 aromatic rings. The summed E-state index contributed by atoms with van der Waals surface area (Å²) in [7, 11) is 1.32. The number of nitrogens with one attached hydrogen (secondary N) is 2. The van der Waals surface area contributed by atoms with Crippen LogP contribution in [0.2, 0.25) is 0 Å². The second kappa shape index (κ2) is 9.15. The maximum Gasteiger partial charge on any atom is 0.328 e. The molecule has 0 spiro atoms. The summed E-state index contributed by atoms with van der Waals surface area (Å²) < 4.78 is 4.65. The van der Waals surface area contributed by atoms with Gasteiger partial charge in [0.15, 0.2) is 0 Å². The summed E-state index contributed by atoms with van der Waals surface area (Å²) in [6.45, 7) is 4.60. The Morgan fingerprint density at radius 3 is 2.47 bits per heavy atom. The summed E-state index contributed by atoms with van der Waals surface area (Å²) in [5.41, 5.74) is 0. The van der Waals surface area contributed by atoms with Crippen molar-refractivity contribution in [1.29, 1.82) is 0 Å². The molecule has 0 aliphatic heterocycles. The lowest BCUT2D eigenvalue weighted by molar-refractivity contribution is -0.142. The van der Waals surface area contributed by atoms with Crippen LogP contribution in [0.15, 0.2) is 0 Å². The summed E-state index contributed by atoms with van der Waals surface area (Å²) in [6, 6.07) is -0.894. The lowest BCUT2D eigenvalue weighted by Crippen LogP contribution is -2.47. The van der Waals surface area contributed by atoms with E-state index in [0.29, 0.717) is 18.9 Å². The number of hydrogen-bond acceptors (Lipinski definition) is 4. The topological polar surface area (TPSA) is 67.4 Å². The molecule has 17 heavy (non-hydrogen) atoms. The highest BCUT2D eigenvalue weighted by Gasteiger charge is 2.20. The summed E-state index contributed by atoms with van der Waals surface area (Å²) in [5.74, 6) is 0.770. The van der Waals surface area contributed by atoms with E-state index in [4.69, 9.17) is 0 Å². The van der Waals surface area contributed by atoms with Crippen molar-refractivity contribution >= 4 is 23.8 Å². The third kappa shape index (κ3) is 7.90. The van der Waals surface area contributed by atoms with Crippen molar-refractivity contribution in [3.63, 3.8) is 0 Å². The van der Waals surface area contributed by atoms with Crippen LogP contribution in [0.1, 0.15) is 20.3 Å². The van der Waals surface area contributed by atoms with Crippen LogP contribution in [0.4, 0.5) is 4.79 Å². The predicted molar refractivity (Wildman–Crippen MR) is 70.2 cm³/mol. The normalized spacial score (nSPS) is 12.1. The largest absolute Gasteiger partial charge is 0.467 e. The number of amides is 2. The van der Waals surface area contributed by atoms with Gasteiger partial charge < -0.3 is 15.4 Å². The molecule has 0 unspecified atom stereocenters. The van der Waals surface area contributed by atoms with E-state index < -0.39 is 12.0 Å². The number of ether oxygens (including phenoxy) is 1. The van der Waals surface area contributed by atoms with Gasteiger partial charge in [0.1, 0.15) is 6.04 Å². The first kappa shape index (κ1) is 16.1. The van der Waals surface area contributed by atoms with Crippen molar-refractivity contribution in [3.8, 4) is 0 Å². The third-order valence-electron chi connectivity index (χ3n) is 2.07. The minimum atomic E-state index is -0.570. The standard InChI is InChI=1S/C11H22N2O3S/c1-8(2)7-12-11(15)13-9(5-6-17-4)10(14)16-3/h8-9H,5-7H2,1-4H3,(H2,12,13,15)/t9-/m0/s1. The van der Waals surface area contributed by atoms with Gasteiger partial charge in [0, 0.05) is 6.54 Å². The van der Waals surface area contributed by atoms with Crippen LogP contribution in [-0.2, 0) is 9.53 Å². The van der Waals surface area contributed by atoms with E-state index >= 15 is 0 Å². The fraction of sp³-hybridized carbons (Fsp3) is 0.818. The molecule has 6 heteroatoms. The molecule has 0 rings (SSSR count). The highest BCUT2D eigenvalue weighted by Crippen LogP contribution is 2.02. The lowest BCUT2D eigenvalue weighted by Gasteiger charge is -2.17. The van der Waals surface area contributed by atoms with Crippen LogP contribution in [0.3, 0.4) is 0 Å². The smallest absolute Gasteiger partial charge is 0.328 e. The Bertz CT molecular complexity index is 247. The zero-order valence-electron chi connectivity index (χ0n) is 10.9. The third-order valence-corrected chi connectivity index (χ3v) is 2.72. The highest BCUT2D eigenvalue weighted by atomic mass is 32.2. The van der Waals surface area contributed by atoms with Gasteiger partial charge >= 0.3 is 12.0 Å². The second-order valence-electron chi connectivity index (χ2n) is 4.11. The molecule has 2 amide bonds. The number of rotatable bonds is 7. The number of carbonyl (C=O) groups is 2. The van der Waals surface area contributed by atoms with E-state index in [-0.39, 0.29) is 6.03 Å². The van der Waals surface area contributed by atoms with Crippen LogP contribution < -0.4 is 10.6 Å². The Kier molecular flexibility index (Phi) is 8.66. The Labute approximate surface area is 107 Å². The molecule has 0 saturated carbocycles. The quantitative estimate of drug-likeness (QED) is 0.677. The molecule has 5 nitrogen and oxygen atoms in total. The van der Waals surface area contributed by atoms with Crippen molar-refractivity contribution in [1.82, 2.24) is 10.6 Å². The zero-order chi connectivity index (χ0) is 13.3. The van der Waals surface area contributed by atoms with Crippen molar-refractivity contribution in [2.24, 2.45) is 5.92 Å². The van der Waals surface area contributed by atoms with Gasteiger partial charge in [0.05, 0.1) is 7.11 Å². The molecule has 0 radical (unpaired) electrons. The Hall–Kier alpha value is -0.910. The average molecular weight is 262 g/mol. The molecule has 0 heterocycles. The average Bonchev–Trinajstić information content (AvgIpc) is 2.30. The van der Waals surface area contributed by atoms with Crippen LogP contribution in [0.5, 0.6) is 0 Å². The van der Waals surface area contributed by atoms with Crippen LogP contribution in [-0.4, -0.2) is 43.7 Å². The number of urea groups is 1. The number of carbonyl (C=O) groups excluding carboxylic acids is 2. The number of thioether (sulfide) groups is 1. The van der Waals surface area contributed by atoms with Gasteiger partial charge in [-0.3, -0.25) is 0 Å². The lowest BCUT2D eigenvalue weighted by atomic mass is 10.2. The van der Waals surface area contributed by atoms with Gasteiger partial charge in [-0.05, 0) is 24.3 Å². The summed E-state index contributed by atoms with van der Waals surface area (Å²) >= 11 is 1.62. The first-order valence-corrected chi connectivity index (χ1v) is 7.01. The minimum Gasteiger partial charge on any atom is -0.467 e. The summed E-state index contributed by atoms with van der Waals surface area (Å²) in [6.07, 6.45) is 2.52. The number of methoxy groups -OCH3 is 1. The summed E-state index contributed by atoms with van der Waals surface area (Å²) in [5, 5.41) is 5.32. The van der Waals surface area contributed by atoms with Crippen LogP contribution in [0, 0.1) is 5.92 Å². The molecule has 1 atom stereocenters. The van der Waals surface area contributed by atoms with E-state index in [1.54, 1.807) is 11.8 Å². The molecule has 0 fully saturated rings. The van der Waals surface area contributed by atoms with Gasteiger partial charge in [-0.15, -0.1) is 0 Å². The Morgan fingerprint density at radius 2 is 2.00 bits per heavy atom. The maximum atomic E-state index is 11.5. The molecule has 0 saturated heterocycles. The van der Waals surface area contributed by atoms with Crippen molar-refractivity contribution < 1.29 is 14.3 Å². The first-order chi connectivity index (χ1) is 8.01. The number of esters is 1. The van der Waals surface area contributed by atoms with E-state index in [2.05, 4.69) is 15.4 Å². The molecule has 100 valence electrons. The highest BCUT2D eigenvalue weighted by molar-refractivity contribution is 7.98. The number of hydrogen-bond donors (Lipinski definition) is 2. The Balaban J connectivity index is 4.12. The molecule has 0 bridgehead atoms. The monoisotopic (exact) mass is 262 g/mol. The predicted octanol–water partition coefficient (Wildman–Crippen LogP) is 1.24. The zero-order valence-corrected chi connectivity index (χ0v) is 11.7. The van der Waals surface area contributed by atoms with Crippen molar-refractivity contribution in [3.05, 3.63) is 0 Å². The van der Waals surface area contributed by atoms with Crippen molar-refractivity contribution in [2.45, 2.75) is 26.3 Å². The maximum absolute atomic E-state index is 11.5. The van der Waals surface area contributed by atoms with Gasteiger partial charge in [0.2, 0.25) is 0 Å². The Morgan fingerprint density at radius 1 is 1.35 bits per heavy atom. The van der Waals surface area contributed by atoms with Gasteiger partial charge in [-0.25, -0.2) is 9.59 Å². The molecule has 0 aromatic heterocycles. The fourth-order valence-corrected chi connectivity index (χ4v) is 1.60.